The molecule has 0 aromatic heterocycles. The molecule has 0 bridgehead atoms. The lowest BCUT2D eigenvalue weighted by atomic mass is 10.5. The first-order valence-electron chi connectivity index (χ1n) is 6.26. The average Bonchev–Trinajstić information content (AvgIpc) is 2.17. The Morgan fingerprint density at radius 3 is 2.31 bits per heavy atom. The fourth-order valence-electron chi connectivity index (χ4n) is 1.54. The molecule has 0 heterocycles. The number of aliphatic imine (C=N–C) groups is 1. The largest absolute Gasteiger partial charge is 0.410 e. The lowest BCUT2D eigenvalue weighted by Crippen LogP contribution is -2.42. The summed E-state index contributed by atoms with van der Waals surface area (Å²) < 4.78 is 6.06. The van der Waals surface area contributed by atoms with Crippen molar-refractivity contribution >= 4 is 13.7 Å². The van der Waals surface area contributed by atoms with Crippen LogP contribution in [0.25, 0.3) is 0 Å². The predicted octanol–water partition coefficient (Wildman–Crippen LogP) is 2.57. The van der Waals surface area contributed by atoms with Crippen molar-refractivity contribution in [1.82, 2.24) is 4.90 Å². The van der Waals surface area contributed by atoms with Crippen LogP contribution in [-0.4, -0.2) is 52.3 Å². The number of hydrogen-bond donors (Lipinski definition) is 0. The standard InChI is InChI=1S/C12H28N2OSi/c1-7-9-13-12(8-2)16(5,6)15-11-10-14(3)4/h7-11H2,1-6H3. The van der Waals surface area contributed by atoms with E-state index in [2.05, 4.69) is 50.9 Å². The van der Waals surface area contributed by atoms with Gasteiger partial charge < -0.3 is 9.33 Å². The number of nitrogens with zero attached hydrogens (tertiary/aromatic N) is 2. The highest BCUT2D eigenvalue weighted by Crippen LogP contribution is 2.10. The van der Waals surface area contributed by atoms with E-state index in [1.54, 1.807) is 0 Å². The van der Waals surface area contributed by atoms with Crippen molar-refractivity contribution in [3.05, 3.63) is 0 Å². The van der Waals surface area contributed by atoms with E-state index >= 15 is 0 Å². The maximum Gasteiger partial charge on any atom is 0.232 e. The van der Waals surface area contributed by atoms with Gasteiger partial charge in [-0.15, -0.1) is 0 Å². The molecule has 0 aromatic rings. The van der Waals surface area contributed by atoms with Crippen LogP contribution >= 0.6 is 0 Å². The van der Waals surface area contributed by atoms with Gasteiger partial charge in [0.05, 0.1) is 0 Å². The Labute approximate surface area is 102 Å². The van der Waals surface area contributed by atoms with E-state index in [4.69, 9.17) is 4.43 Å². The molecule has 0 saturated carbocycles. The van der Waals surface area contributed by atoms with Crippen molar-refractivity contribution in [2.24, 2.45) is 4.99 Å². The van der Waals surface area contributed by atoms with E-state index in [-0.39, 0.29) is 0 Å². The summed E-state index contributed by atoms with van der Waals surface area (Å²) in [7, 11) is 2.43. The zero-order valence-corrected chi connectivity index (χ0v) is 12.8. The molecule has 0 radical (unpaired) electrons. The van der Waals surface area contributed by atoms with Gasteiger partial charge in [0.25, 0.3) is 0 Å². The molecule has 0 aliphatic rings. The molecule has 3 nitrogen and oxygen atoms in total. The Hall–Kier alpha value is -0.193. The highest BCUT2D eigenvalue weighted by molar-refractivity contribution is 7.00. The van der Waals surface area contributed by atoms with Crippen molar-refractivity contribution in [3.8, 4) is 0 Å². The number of rotatable bonds is 8. The van der Waals surface area contributed by atoms with Crippen molar-refractivity contribution in [2.75, 3.05) is 33.8 Å². The number of likely N-dealkylation sites (N-methyl/N-ethyl adjacent to an activating group) is 1. The van der Waals surface area contributed by atoms with Crippen LogP contribution < -0.4 is 0 Å². The summed E-state index contributed by atoms with van der Waals surface area (Å²) in [6.45, 7) is 11.6. The van der Waals surface area contributed by atoms with E-state index in [1.165, 1.54) is 5.33 Å². The molecule has 0 amide bonds. The predicted molar refractivity (Wildman–Crippen MR) is 74.9 cm³/mol. The molecule has 0 N–H and O–H groups in total. The monoisotopic (exact) mass is 244 g/mol. The zero-order valence-electron chi connectivity index (χ0n) is 11.8. The minimum absolute atomic E-state index is 0.817. The van der Waals surface area contributed by atoms with Gasteiger partial charge in [0, 0.05) is 25.0 Å². The van der Waals surface area contributed by atoms with Crippen molar-refractivity contribution in [3.63, 3.8) is 0 Å². The number of hydrogen-bond acceptors (Lipinski definition) is 3. The minimum Gasteiger partial charge on any atom is -0.410 e. The SMILES string of the molecule is CCCN=C(CC)[Si](C)(C)OCCN(C)C. The summed E-state index contributed by atoms with van der Waals surface area (Å²) in [6, 6.07) is 0. The molecule has 0 rings (SSSR count). The molecule has 96 valence electrons. The Morgan fingerprint density at radius 1 is 1.25 bits per heavy atom. The molecule has 0 aliphatic heterocycles. The Morgan fingerprint density at radius 2 is 1.88 bits per heavy atom. The van der Waals surface area contributed by atoms with Crippen LogP contribution in [0.2, 0.25) is 13.1 Å². The van der Waals surface area contributed by atoms with E-state index in [9.17, 15) is 0 Å². The zero-order chi connectivity index (χ0) is 12.6. The van der Waals surface area contributed by atoms with Crippen LogP contribution in [0.5, 0.6) is 0 Å². The van der Waals surface area contributed by atoms with Crippen LogP contribution in [0.4, 0.5) is 0 Å². The summed E-state index contributed by atoms with van der Waals surface area (Å²) in [5.74, 6) is 0. The summed E-state index contributed by atoms with van der Waals surface area (Å²) in [4.78, 5) is 6.82. The molecule has 0 fully saturated rings. The molecule has 0 aliphatic carbocycles. The maximum atomic E-state index is 6.06. The Balaban J connectivity index is 4.25. The van der Waals surface area contributed by atoms with Crippen molar-refractivity contribution in [2.45, 2.75) is 39.8 Å². The molecule has 4 heteroatoms. The molecular weight excluding hydrogens is 216 g/mol. The lowest BCUT2D eigenvalue weighted by Gasteiger charge is -2.25. The van der Waals surface area contributed by atoms with Crippen LogP contribution in [0.15, 0.2) is 4.99 Å². The van der Waals surface area contributed by atoms with E-state index in [0.717, 1.165) is 32.5 Å². The first-order chi connectivity index (χ1) is 7.44. The van der Waals surface area contributed by atoms with Crippen LogP contribution in [0, 0.1) is 0 Å². The highest BCUT2D eigenvalue weighted by Gasteiger charge is 2.28. The second-order valence-electron chi connectivity index (χ2n) is 4.84. The van der Waals surface area contributed by atoms with Gasteiger partial charge >= 0.3 is 0 Å². The topological polar surface area (TPSA) is 24.8 Å². The third kappa shape index (κ3) is 6.40. The summed E-state index contributed by atoms with van der Waals surface area (Å²) >= 11 is 0. The van der Waals surface area contributed by atoms with Gasteiger partial charge in [-0.05, 0) is 40.0 Å². The Kier molecular flexibility index (Phi) is 7.88. The molecule has 0 aromatic carbocycles. The third-order valence-corrected chi connectivity index (χ3v) is 5.38. The van der Waals surface area contributed by atoms with Crippen LogP contribution in [0.1, 0.15) is 26.7 Å². The second kappa shape index (κ2) is 7.98. The molecule has 0 saturated heterocycles. The van der Waals surface area contributed by atoms with Gasteiger partial charge in [-0.2, -0.15) is 0 Å². The van der Waals surface area contributed by atoms with E-state index in [1.807, 2.05) is 0 Å². The molecular formula is C12H28N2OSi. The van der Waals surface area contributed by atoms with E-state index in [0.29, 0.717) is 0 Å². The quantitative estimate of drug-likeness (QED) is 0.484. The van der Waals surface area contributed by atoms with Crippen molar-refractivity contribution in [1.29, 1.82) is 0 Å². The van der Waals surface area contributed by atoms with E-state index < -0.39 is 8.32 Å². The third-order valence-electron chi connectivity index (χ3n) is 2.56. The Bertz CT molecular complexity index is 215. The second-order valence-corrected chi connectivity index (χ2v) is 8.73. The van der Waals surface area contributed by atoms with Gasteiger partial charge in [0.15, 0.2) is 0 Å². The van der Waals surface area contributed by atoms with Gasteiger partial charge in [0.2, 0.25) is 8.32 Å². The van der Waals surface area contributed by atoms with Crippen molar-refractivity contribution < 1.29 is 4.43 Å². The first kappa shape index (κ1) is 15.8. The first-order valence-corrected chi connectivity index (χ1v) is 9.17. The molecule has 0 atom stereocenters. The summed E-state index contributed by atoms with van der Waals surface area (Å²) in [5.41, 5.74) is 0. The minimum atomic E-state index is -1.71. The van der Waals surface area contributed by atoms with Crippen LogP contribution in [-0.2, 0) is 4.43 Å². The lowest BCUT2D eigenvalue weighted by molar-refractivity contribution is 0.260. The van der Waals surface area contributed by atoms with Gasteiger partial charge in [-0.25, -0.2) is 0 Å². The fourth-order valence-corrected chi connectivity index (χ4v) is 3.65. The molecule has 0 spiro atoms. The van der Waals surface area contributed by atoms with Crippen LogP contribution in [0.3, 0.4) is 0 Å². The average molecular weight is 244 g/mol. The van der Waals surface area contributed by atoms with Gasteiger partial charge in [0.1, 0.15) is 0 Å². The summed E-state index contributed by atoms with van der Waals surface area (Å²) in [5, 5.41) is 1.31. The maximum absolute atomic E-state index is 6.06. The van der Waals surface area contributed by atoms with Gasteiger partial charge in [-0.3, -0.25) is 4.99 Å². The van der Waals surface area contributed by atoms with Gasteiger partial charge in [-0.1, -0.05) is 13.8 Å². The fraction of sp³-hybridized carbons (Fsp3) is 0.917. The highest BCUT2D eigenvalue weighted by atomic mass is 28.4. The molecule has 0 unspecified atom stereocenters. The molecule has 16 heavy (non-hydrogen) atoms. The smallest absolute Gasteiger partial charge is 0.232 e. The summed E-state index contributed by atoms with van der Waals surface area (Å²) in [6.07, 6.45) is 2.15. The normalized spacial score (nSPS) is 13.6.